The summed E-state index contributed by atoms with van der Waals surface area (Å²) < 4.78 is 141. The van der Waals surface area contributed by atoms with Crippen LogP contribution in [-0.2, 0) is 25.0 Å². The van der Waals surface area contributed by atoms with Crippen molar-refractivity contribution < 1.29 is 63.0 Å². The van der Waals surface area contributed by atoms with Crippen LogP contribution in [0.5, 0.6) is 0 Å². The molecule has 0 saturated heterocycles. The Labute approximate surface area is 332 Å². The summed E-state index contributed by atoms with van der Waals surface area (Å²) in [6, 6.07) is 16.9. The van der Waals surface area contributed by atoms with E-state index in [0.717, 1.165) is 16.7 Å². The number of esters is 1. The Morgan fingerprint density at radius 3 is 1.80 bits per heavy atom. The summed E-state index contributed by atoms with van der Waals surface area (Å²) in [4.78, 5) is 20.9. The van der Waals surface area contributed by atoms with Gasteiger partial charge in [-0.05, 0) is 75.0 Å². The molecule has 0 amide bonds. The highest BCUT2D eigenvalue weighted by Crippen LogP contribution is 2.50. The van der Waals surface area contributed by atoms with E-state index >= 15 is 0 Å². The van der Waals surface area contributed by atoms with Crippen molar-refractivity contribution in [3.8, 4) is 0 Å². The van der Waals surface area contributed by atoms with Gasteiger partial charge < -0.3 is 4.74 Å². The molecule has 320 valence electrons. The van der Waals surface area contributed by atoms with E-state index in [1.54, 1.807) is 13.8 Å². The maximum absolute atomic E-state index is 14.4. The van der Waals surface area contributed by atoms with E-state index in [-0.39, 0.29) is 24.3 Å². The number of rotatable bonds is 20. The van der Waals surface area contributed by atoms with Crippen LogP contribution in [0, 0.1) is 17.3 Å². The monoisotopic (exact) mass is 855 g/mol. The van der Waals surface area contributed by atoms with Gasteiger partial charge in [0.1, 0.15) is 6.61 Å². The third kappa shape index (κ3) is 12.6. The van der Waals surface area contributed by atoms with E-state index < -0.39 is 82.4 Å². The van der Waals surface area contributed by atoms with Gasteiger partial charge in [-0.2, -0.15) is 44.6 Å². The molecular weight excluding hydrogens is 804 g/mol. The largest absolute Gasteiger partial charge is 0.465 e. The second-order valence-electron chi connectivity index (χ2n) is 16.2. The molecule has 56 heavy (non-hydrogen) atoms. The number of ether oxygens (including phenoxy) is 2. The van der Waals surface area contributed by atoms with E-state index in [1.807, 2.05) is 115 Å². The molecule has 0 aliphatic rings. The zero-order valence-corrected chi connectivity index (χ0v) is 34.6. The highest BCUT2D eigenvalue weighted by Gasteiger charge is 2.76. The zero-order chi connectivity index (χ0) is 43.3. The van der Waals surface area contributed by atoms with Crippen molar-refractivity contribution in [3.05, 3.63) is 71.3 Å². The minimum Gasteiger partial charge on any atom is -0.465 e. The summed E-state index contributed by atoms with van der Waals surface area (Å²) in [6.45, 7) is 18.2. The predicted molar refractivity (Wildman–Crippen MR) is 197 cm³/mol. The molecular formula is C39H52ClF10NO4S. The fourth-order valence-corrected chi connectivity index (χ4v) is 6.75. The number of thioether (sulfide) groups is 1. The van der Waals surface area contributed by atoms with Crippen LogP contribution in [-0.4, -0.2) is 64.4 Å². The third-order valence-electron chi connectivity index (χ3n) is 9.54. The summed E-state index contributed by atoms with van der Waals surface area (Å²) in [6.07, 6.45) is -18.1. The molecule has 0 spiro atoms. The number of hydroxylamine groups is 2. The van der Waals surface area contributed by atoms with Crippen molar-refractivity contribution >= 4 is 29.3 Å². The molecule has 0 N–H and O–H groups in total. The van der Waals surface area contributed by atoms with Gasteiger partial charge in [-0.15, -0.1) is 11.6 Å². The molecule has 0 aliphatic carbocycles. The summed E-state index contributed by atoms with van der Waals surface area (Å²) >= 11 is 5.20. The average Bonchev–Trinajstić information content (AvgIpc) is 3.07. The molecule has 4 atom stereocenters. The lowest BCUT2D eigenvalue weighted by Gasteiger charge is -2.48. The molecule has 4 unspecified atom stereocenters. The first kappa shape index (κ1) is 49.9. The number of carbonyl (C=O) groups excluding carboxylic acids is 1. The Kier molecular flexibility index (Phi) is 16.7. The van der Waals surface area contributed by atoms with Crippen molar-refractivity contribution in [1.29, 1.82) is 0 Å². The maximum Gasteiger partial charge on any atom is 0.462 e. The molecule has 2 rings (SSSR count). The number of alkyl halides is 11. The fourth-order valence-electron chi connectivity index (χ4n) is 5.96. The van der Waals surface area contributed by atoms with E-state index in [1.165, 1.54) is 0 Å². The van der Waals surface area contributed by atoms with Gasteiger partial charge in [-0.25, -0.2) is 4.39 Å². The molecule has 0 heterocycles. The van der Waals surface area contributed by atoms with Gasteiger partial charge in [0.05, 0.1) is 17.6 Å². The van der Waals surface area contributed by atoms with Crippen LogP contribution in [0.3, 0.4) is 0 Å². The molecule has 0 saturated carbocycles. The maximum atomic E-state index is 14.4. The van der Waals surface area contributed by atoms with E-state index in [0.29, 0.717) is 5.88 Å². The standard InChI is InChI=1S/C39H52ClF10NO4S/c1-24(2)30(28-14-12-11-13-15-28)51(33(4,5)6)55-35(9,10)29(22-34(7,8)25(3)27-18-16-26(23-40)17-19-27)31(52)53-20-21-56-36(42,43)32(41)54-39(49,50)37(44,45)38(46,47)48/h11-19,24-25,29-30,32H,20-23H2,1-10H3. The van der Waals surface area contributed by atoms with Crippen LogP contribution in [0.1, 0.15) is 104 Å². The summed E-state index contributed by atoms with van der Waals surface area (Å²) in [5.41, 5.74) is 0.136. The zero-order valence-electron chi connectivity index (χ0n) is 33.1. The number of hydrogen-bond acceptors (Lipinski definition) is 6. The van der Waals surface area contributed by atoms with Crippen LogP contribution in [0.4, 0.5) is 43.9 Å². The quantitative estimate of drug-likeness (QED) is 0.0435. The Bertz CT molecular complexity index is 1540. The van der Waals surface area contributed by atoms with Gasteiger partial charge in [0, 0.05) is 17.2 Å². The highest BCUT2D eigenvalue weighted by molar-refractivity contribution is 8.00. The van der Waals surface area contributed by atoms with Crippen molar-refractivity contribution in [2.75, 3.05) is 12.4 Å². The molecule has 0 aliphatic heterocycles. The van der Waals surface area contributed by atoms with Crippen molar-refractivity contribution in [1.82, 2.24) is 5.06 Å². The molecule has 5 nitrogen and oxygen atoms in total. The molecule has 17 heteroatoms. The third-order valence-corrected chi connectivity index (χ3v) is 10.8. The number of hydrogen-bond donors (Lipinski definition) is 0. The lowest BCUT2D eigenvalue weighted by atomic mass is 9.68. The summed E-state index contributed by atoms with van der Waals surface area (Å²) in [7, 11) is 0. The molecule has 0 radical (unpaired) electrons. The van der Waals surface area contributed by atoms with E-state index in [4.69, 9.17) is 21.2 Å². The van der Waals surface area contributed by atoms with Crippen molar-refractivity contribution in [2.24, 2.45) is 17.3 Å². The van der Waals surface area contributed by atoms with Crippen LogP contribution in [0.25, 0.3) is 0 Å². The lowest BCUT2D eigenvalue weighted by Crippen LogP contribution is -2.55. The van der Waals surface area contributed by atoms with Gasteiger partial charge in [0.2, 0.25) is 0 Å². The topological polar surface area (TPSA) is 48.0 Å². The second-order valence-corrected chi connectivity index (χ2v) is 17.7. The molecule has 0 fully saturated rings. The van der Waals surface area contributed by atoms with Gasteiger partial charge in [0.25, 0.3) is 6.36 Å². The van der Waals surface area contributed by atoms with Gasteiger partial charge in [-0.1, -0.05) is 101 Å². The van der Waals surface area contributed by atoms with Crippen LogP contribution in [0.15, 0.2) is 54.6 Å². The van der Waals surface area contributed by atoms with E-state index in [9.17, 15) is 48.7 Å². The second kappa shape index (κ2) is 18.8. The highest BCUT2D eigenvalue weighted by atomic mass is 35.5. The average molecular weight is 856 g/mol. The van der Waals surface area contributed by atoms with Gasteiger partial charge in [-0.3, -0.25) is 14.4 Å². The minimum atomic E-state index is -6.97. The van der Waals surface area contributed by atoms with Gasteiger partial charge >= 0.3 is 29.4 Å². The first-order valence-electron chi connectivity index (χ1n) is 17.8. The van der Waals surface area contributed by atoms with Crippen molar-refractivity contribution in [3.63, 3.8) is 0 Å². The van der Waals surface area contributed by atoms with Crippen LogP contribution in [0.2, 0.25) is 0 Å². The Hall–Kier alpha value is -2.27. The number of benzene rings is 2. The first-order valence-corrected chi connectivity index (χ1v) is 19.3. The minimum absolute atomic E-state index is 0.00638. The number of carbonyl (C=O) groups is 1. The summed E-state index contributed by atoms with van der Waals surface area (Å²) in [5, 5.41) is -3.24. The van der Waals surface area contributed by atoms with Gasteiger partial charge in [0.15, 0.2) is 0 Å². The predicted octanol–water partition coefficient (Wildman–Crippen LogP) is 12.7. The Morgan fingerprint density at radius 2 is 1.34 bits per heavy atom. The summed E-state index contributed by atoms with van der Waals surface area (Å²) in [5.74, 6) is -9.80. The Morgan fingerprint density at radius 1 is 0.804 bits per heavy atom. The molecule has 0 aromatic heterocycles. The molecule has 2 aromatic carbocycles. The van der Waals surface area contributed by atoms with Crippen LogP contribution >= 0.6 is 23.4 Å². The fraction of sp³-hybridized carbons (Fsp3) is 0.667. The molecule has 2 aromatic rings. The van der Waals surface area contributed by atoms with Crippen LogP contribution < -0.4 is 0 Å². The smallest absolute Gasteiger partial charge is 0.462 e. The number of nitrogens with zero attached hydrogens (tertiary/aromatic N) is 1. The Balaban J connectivity index is 2.42. The SMILES string of the molecule is CC(C)C(c1ccccc1)N(OC(C)(C)C(CC(C)(C)C(C)c1ccc(CCl)cc1)C(=O)OCCSC(F)(F)C(F)OC(F)(F)C(F)(F)C(F)(F)F)C(C)(C)C. The number of halogens is 11. The first-order chi connectivity index (χ1) is 25.3. The lowest BCUT2D eigenvalue weighted by molar-refractivity contribution is -0.446. The normalized spacial score (nSPS) is 16.2. The molecule has 0 bridgehead atoms. The van der Waals surface area contributed by atoms with E-state index in [2.05, 4.69) is 4.74 Å². The van der Waals surface area contributed by atoms with Crippen molar-refractivity contribution in [2.45, 2.75) is 134 Å².